The standard InChI is InChI=1S/C15H16N6O/c1-10-2-3-12-11(6-10)15(17-9-16-12)20-4-5-21-13(7-20)18-19-14(21)8-22/h2-3,6,9,22H,4-5,7-8H2,1H3. The van der Waals surface area contributed by atoms with E-state index >= 15 is 0 Å². The van der Waals surface area contributed by atoms with Gasteiger partial charge in [0.1, 0.15) is 18.8 Å². The Kier molecular flexibility index (Phi) is 3.00. The lowest BCUT2D eigenvalue weighted by molar-refractivity contribution is 0.263. The van der Waals surface area contributed by atoms with Crippen LogP contribution in [0.4, 0.5) is 5.82 Å². The molecule has 0 atom stereocenters. The highest BCUT2D eigenvalue weighted by Gasteiger charge is 2.23. The Balaban J connectivity index is 1.76. The normalized spacial score (nSPS) is 14.4. The maximum absolute atomic E-state index is 9.28. The Labute approximate surface area is 127 Å². The van der Waals surface area contributed by atoms with Crippen molar-refractivity contribution < 1.29 is 5.11 Å². The molecular formula is C15H16N6O. The van der Waals surface area contributed by atoms with Gasteiger partial charge in [0.2, 0.25) is 0 Å². The van der Waals surface area contributed by atoms with Crippen molar-refractivity contribution in [1.29, 1.82) is 0 Å². The highest BCUT2D eigenvalue weighted by molar-refractivity contribution is 5.89. The predicted molar refractivity (Wildman–Crippen MR) is 81.3 cm³/mol. The van der Waals surface area contributed by atoms with Crippen LogP contribution in [0.25, 0.3) is 10.9 Å². The molecule has 0 spiro atoms. The van der Waals surface area contributed by atoms with Crippen molar-refractivity contribution in [2.45, 2.75) is 26.6 Å². The second-order valence-electron chi connectivity index (χ2n) is 5.48. The van der Waals surface area contributed by atoms with Crippen molar-refractivity contribution in [2.75, 3.05) is 11.4 Å². The lowest BCUT2D eigenvalue weighted by Gasteiger charge is -2.29. The van der Waals surface area contributed by atoms with Gasteiger partial charge in [-0.1, -0.05) is 11.6 Å². The molecule has 2 aromatic heterocycles. The van der Waals surface area contributed by atoms with Crippen molar-refractivity contribution >= 4 is 16.7 Å². The molecule has 1 N–H and O–H groups in total. The zero-order valence-electron chi connectivity index (χ0n) is 12.3. The van der Waals surface area contributed by atoms with Crippen molar-refractivity contribution in [3.8, 4) is 0 Å². The summed E-state index contributed by atoms with van der Waals surface area (Å²) in [7, 11) is 0. The molecule has 0 saturated heterocycles. The molecule has 0 amide bonds. The first-order valence-electron chi connectivity index (χ1n) is 7.24. The molecule has 0 saturated carbocycles. The zero-order chi connectivity index (χ0) is 15.1. The summed E-state index contributed by atoms with van der Waals surface area (Å²) in [5.74, 6) is 2.40. The molecule has 3 aromatic rings. The Hall–Kier alpha value is -2.54. The fraction of sp³-hybridized carbons (Fsp3) is 0.333. The monoisotopic (exact) mass is 296 g/mol. The molecular weight excluding hydrogens is 280 g/mol. The van der Waals surface area contributed by atoms with Gasteiger partial charge in [-0.25, -0.2) is 9.97 Å². The molecule has 7 heteroatoms. The number of hydrogen-bond donors (Lipinski definition) is 1. The maximum atomic E-state index is 9.28. The van der Waals surface area contributed by atoms with E-state index in [-0.39, 0.29) is 6.61 Å². The molecule has 1 aliphatic heterocycles. The van der Waals surface area contributed by atoms with Gasteiger partial charge in [0.05, 0.1) is 12.1 Å². The number of benzene rings is 1. The van der Waals surface area contributed by atoms with E-state index in [0.717, 1.165) is 35.6 Å². The quantitative estimate of drug-likeness (QED) is 0.761. The van der Waals surface area contributed by atoms with Gasteiger partial charge in [-0.2, -0.15) is 0 Å². The number of nitrogens with zero attached hydrogens (tertiary/aromatic N) is 6. The third-order valence-electron chi connectivity index (χ3n) is 4.04. The Bertz CT molecular complexity index is 843. The summed E-state index contributed by atoms with van der Waals surface area (Å²) >= 11 is 0. The van der Waals surface area contributed by atoms with Crippen molar-refractivity contribution in [3.63, 3.8) is 0 Å². The number of anilines is 1. The summed E-state index contributed by atoms with van der Waals surface area (Å²) in [5.41, 5.74) is 2.13. The smallest absolute Gasteiger partial charge is 0.158 e. The number of rotatable bonds is 2. The van der Waals surface area contributed by atoms with E-state index in [4.69, 9.17) is 0 Å². The van der Waals surface area contributed by atoms with Crippen LogP contribution < -0.4 is 4.90 Å². The second-order valence-corrected chi connectivity index (χ2v) is 5.48. The lowest BCUT2D eigenvalue weighted by Crippen LogP contribution is -2.35. The Morgan fingerprint density at radius 3 is 2.95 bits per heavy atom. The molecule has 1 aromatic carbocycles. The minimum atomic E-state index is -0.0807. The number of fused-ring (bicyclic) bond motifs is 2. The van der Waals surface area contributed by atoms with E-state index in [9.17, 15) is 5.11 Å². The minimum Gasteiger partial charge on any atom is -0.388 e. The third-order valence-corrected chi connectivity index (χ3v) is 4.04. The summed E-state index contributed by atoms with van der Waals surface area (Å²) in [5, 5.41) is 18.5. The molecule has 1 aliphatic rings. The van der Waals surface area contributed by atoms with Crippen LogP contribution in [0.2, 0.25) is 0 Å². The van der Waals surface area contributed by atoms with Gasteiger partial charge >= 0.3 is 0 Å². The fourth-order valence-electron chi connectivity index (χ4n) is 2.92. The van der Waals surface area contributed by atoms with E-state index in [1.165, 1.54) is 5.56 Å². The molecule has 0 radical (unpaired) electrons. The molecule has 22 heavy (non-hydrogen) atoms. The van der Waals surface area contributed by atoms with Gasteiger partial charge in [-0.05, 0) is 19.1 Å². The van der Waals surface area contributed by atoms with Gasteiger partial charge in [0.15, 0.2) is 11.6 Å². The summed E-state index contributed by atoms with van der Waals surface area (Å²) < 4.78 is 1.98. The van der Waals surface area contributed by atoms with Gasteiger partial charge in [0, 0.05) is 18.5 Å². The maximum Gasteiger partial charge on any atom is 0.158 e. The van der Waals surface area contributed by atoms with Crippen LogP contribution in [0.15, 0.2) is 24.5 Å². The summed E-state index contributed by atoms with van der Waals surface area (Å²) in [6.07, 6.45) is 1.60. The average Bonchev–Trinajstić information content (AvgIpc) is 2.96. The zero-order valence-corrected chi connectivity index (χ0v) is 12.3. The molecule has 0 aliphatic carbocycles. The average molecular weight is 296 g/mol. The van der Waals surface area contributed by atoms with E-state index < -0.39 is 0 Å². The van der Waals surface area contributed by atoms with E-state index in [1.807, 2.05) is 10.6 Å². The van der Waals surface area contributed by atoms with Crippen LogP contribution in [-0.4, -0.2) is 36.4 Å². The molecule has 4 rings (SSSR count). The van der Waals surface area contributed by atoms with Crippen molar-refractivity contribution in [1.82, 2.24) is 24.7 Å². The van der Waals surface area contributed by atoms with Crippen LogP contribution in [0.3, 0.4) is 0 Å². The number of hydrogen-bond acceptors (Lipinski definition) is 6. The van der Waals surface area contributed by atoms with Crippen molar-refractivity contribution in [3.05, 3.63) is 41.7 Å². The molecule has 3 heterocycles. The number of aliphatic hydroxyl groups is 1. The summed E-state index contributed by atoms with van der Waals surface area (Å²) in [6, 6.07) is 6.19. The molecule has 0 bridgehead atoms. The highest BCUT2D eigenvalue weighted by atomic mass is 16.3. The van der Waals surface area contributed by atoms with Gasteiger partial charge in [-0.15, -0.1) is 10.2 Å². The van der Waals surface area contributed by atoms with Gasteiger partial charge < -0.3 is 14.6 Å². The van der Waals surface area contributed by atoms with Crippen LogP contribution in [0, 0.1) is 6.92 Å². The molecule has 112 valence electrons. The minimum absolute atomic E-state index is 0.0807. The number of aromatic nitrogens is 5. The molecule has 0 fully saturated rings. The SMILES string of the molecule is Cc1ccc2ncnc(N3CCn4c(CO)nnc4C3)c2c1. The van der Waals surface area contributed by atoms with Crippen LogP contribution >= 0.6 is 0 Å². The summed E-state index contributed by atoms with van der Waals surface area (Å²) in [4.78, 5) is 11.0. The van der Waals surface area contributed by atoms with E-state index in [2.05, 4.69) is 44.1 Å². The van der Waals surface area contributed by atoms with Gasteiger partial charge in [-0.3, -0.25) is 0 Å². The topological polar surface area (TPSA) is 80.0 Å². The fourth-order valence-corrected chi connectivity index (χ4v) is 2.92. The Morgan fingerprint density at radius 1 is 1.18 bits per heavy atom. The first-order chi connectivity index (χ1) is 10.8. The summed E-state index contributed by atoms with van der Waals surface area (Å²) in [6.45, 7) is 4.17. The first kappa shape index (κ1) is 13.1. The predicted octanol–water partition coefficient (Wildman–Crippen LogP) is 1.04. The van der Waals surface area contributed by atoms with E-state index in [0.29, 0.717) is 12.4 Å². The third kappa shape index (κ3) is 2.01. The van der Waals surface area contributed by atoms with E-state index in [1.54, 1.807) is 6.33 Å². The Morgan fingerprint density at radius 2 is 2.09 bits per heavy atom. The largest absolute Gasteiger partial charge is 0.388 e. The number of aryl methyl sites for hydroxylation is 1. The van der Waals surface area contributed by atoms with Crippen LogP contribution in [0.5, 0.6) is 0 Å². The van der Waals surface area contributed by atoms with Crippen molar-refractivity contribution in [2.24, 2.45) is 0 Å². The van der Waals surface area contributed by atoms with Gasteiger partial charge in [0.25, 0.3) is 0 Å². The molecule has 0 unspecified atom stereocenters. The lowest BCUT2D eigenvalue weighted by atomic mass is 10.1. The van der Waals surface area contributed by atoms with Crippen LogP contribution in [0.1, 0.15) is 17.2 Å². The molecule has 7 nitrogen and oxygen atoms in total. The number of aliphatic hydroxyl groups excluding tert-OH is 1. The first-order valence-corrected chi connectivity index (χ1v) is 7.24. The highest BCUT2D eigenvalue weighted by Crippen LogP contribution is 2.26. The van der Waals surface area contributed by atoms with Crippen LogP contribution in [-0.2, 0) is 19.7 Å². The second kappa shape index (κ2) is 5.03.